The second-order valence-corrected chi connectivity index (χ2v) is 4.03. The number of carbonyl (C=O) groups is 1. The minimum atomic E-state index is -2.88. The van der Waals surface area contributed by atoms with Crippen molar-refractivity contribution in [3.8, 4) is 5.75 Å². The molecule has 0 unspecified atom stereocenters. The number of ether oxygens (including phenoxy) is 1. The van der Waals surface area contributed by atoms with Gasteiger partial charge in [0, 0.05) is 11.9 Å². The van der Waals surface area contributed by atoms with Gasteiger partial charge in [0.05, 0.1) is 11.3 Å². The van der Waals surface area contributed by atoms with Crippen molar-refractivity contribution in [2.45, 2.75) is 13.5 Å². The van der Waals surface area contributed by atoms with Crippen LogP contribution < -0.4 is 10.1 Å². The first-order chi connectivity index (χ1) is 9.95. The molecule has 2 aromatic rings. The molecular weight excluding hydrogens is 284 g/mol. The molecular formula is C13H11F2N3O3. The molecule has 21 heavy (non-hydrogen) atoms. The highest BCUT2D eigenvalue weighted by Crippen LogP contribution is 2.20. The summed E-state index contributed by atoms with van der Waals surface area (Å²) in [6.45, 7) is -1.33. The van der Waals surface area contributed by atoms with Gasteiger partial charge in [-0.15, -0.1) is 0 Å². The summed E-state index contributed by atoms with van der Waals surface area (Å²) < 4.78 is 28.2. The predicted octanol–water partition coefficient (Wildman–Crippen LogP) is 2.83. The quantitative estimate of drug-likeness (QED) is 0.882. The van der Waals surface area contributed by atoms with E-state index in [0.29, 0.717) is 11.4 Å². The number of halogens is 2. The van der Waals surface area contributed by atoms with Crippen LogP contribution >= 0.6 is 0 Å². The third-order valence-electron chi connectivity index (χ3n) is 2.55. The van der Waals surface area contributed by atoms with Gasteiger partial charge >= 0.3 is 12.6 Å². The van der Waals surface area contributed by atoms with E-state index in [1.807, 2.05) is 0 Å². The Hall–Kier alpha value is -2.77. The number of rotatable bonds is 5. The summed E-state index contributed by atoms with van der Waals surface area (Å²) >= 11 is 0. The minimum Gasteiger partial charge on any atom is -0.478 e. The van der Waals surface area contributed by atoms with Gasteiger partial charge in [-0.3, -0.25) is 0 Å². The van der Waals surface area contributed by atoms with Crippen LogP contribution in [0.4, 0.5) is 20.4 Å². The minimum absolute atomic E-state index is 0.0150. The summed E-state index contributed by atoms with van der Waals surface area (Å²) in [5.74, 6) is -0.860. The topological polar surface area (TPSA) is 84.3 Å². The van der Waals surface area contributed by atoms with Crippen LogP contribution in [0.15, 0.2) is 30.5 Å². The van der Waals surface area contributed by atoms with E-state index in [-0.39, 0.29) is 17.3 Å². The number of aryl methyl sites for hydroxylation is 1. The van der Waals surface area contributed by atoms with E-state index in [1.54, 1.807) is 6.92 Å². The smallest absolute Gasteiger partial charge is 0.387 e. The van der Waals surface area contributed by atoms with E-state index in [2.05, 4.69) is 20.0 Å². The number of nitrogens with one attached hydrogen (secondary N) is 1. The van der Waals surface area contributed by atoms with Crippen molar-refractivity contribution in [2.75, 3.05) is 5.32 Å². The van der Waals surface area contributed by atoms with Gasteiger partial charge in [0.2, 0.25) is 5.95 Å². The van der Waals surface area contributed by atoms with Gasteiger partial charge < -0.3 is 15.2 Å². The summed E-state index contributed by atoms with van der Waals surface area (Å²) in [4.78, 5) is 18.7. The summed E-state index contributed by atoms with van der Waals surface area (Å²) in [7, 11) is 0. The molecule has 0 aliphatic carbocycles. The molecule has 8 heteroatoms. The van der Waals surface area contributed by atoms with Crippen LogP contribution in [0.2, 0.25) is 0 Å². The maximum absolute atomic E-state index is 12.0. The zero-order valence-corrected chi connectivity index (χ0v) is 10.9. The fourth-order valence-corrected chi connectivity index (χ4v) is 1.59. The zero-order valence-electron chi connectivity index (χ0n) is 10.9. The Morgan fingerprint density at radius 3 is 2.52 bits per heavy atom. The van der Waals surface area contributed by atoms with Gasteiger partial charge in [-0.1, -0.05) is 0 Å². The number of anilines is 2. The van der Waals surface area contributed by atoms with E-state index in [0.717, 1.165) is 0 Å². The summed E-state index contributed by atoms with van der Waals surface area (Å²) in [6, 6.07) is 5.77. The summed E-state index contributed by atoms with van der Waals surface area (Å²) in [5, 5.41) is 11.7. The zero-order chi connectivity index (χ0) is 15.4. The number of hydrogen-bond donors (Lipinski definition) is 2. The number of benzene rings is 1. The molecule has 0 amide bonds. The first-order valence-electron chi connectivity index (χ1n) is 5.84. The van der Waals surface area contributed by atoms with Gasteiger partial charge in [0.15, 0.2) is 0 Å². The van der Waals surface area contributed by atoms with Gasteiger partial charge in [0.1, 0.15) is 5.75 Å². The van der Waals surface area contributed by atoms with Gasteiger partial charge in [0.25, 0.3) is 0 Å². The monoisotopic (exact) mass is 295 g/mol. The average molecular weight is 295 g/mol. The number of alkyl halides is 2. The molecule has 1 aromatic carbocycles. The van der Waals surface area contributed by atoms with Crippen molar-refractivity contribution in [1.29, 1.82) is 0 Å². The first-order valence-corrected chi connectivity index (χ1v) is 5.84. The van der Waals surface area contributed by atoms with Crippen molar-refractivity contribution >= 4 is 17.6 Å². The van der Waals surface area contributed by atoms with Gasteiger partial charge in [-0.2, -0.15) is 8.78 Å². The third-order valence-corrected chi connectivity index (χ3v) is 2.55. The lowest BCUT2D eigenvalue weighted by molar-refractivity contribution is -0.0498. The number of aromatic nitrogens is 2. The van der Waals surface area contributed by atoms with Crippen LogP contribution in [0.25, 0.3) is 0 Å². The van der Waals surface area contributed by atoms with Crippen LogP contribution in [0.5, 0.6) is 5.75 Å². The third kappa shape index (κ3) is 3.85. The van der Waals surface area contributed by atoms with E-state index < -0.39 is 12.6 Å². The molecule has 6 nitrogen and oxygen atoms in total. The lowest BCUT2D eigenvalue weighted by Crippen LogP contribution is -2.06. The lowest BCUT2D eigenvalue weighted by Gasteiger charge is -2.08. The van der Waals surface area contributed by atoms with Crippen molar-refractivity contribution in [3.05, 3.63) is 41.7 Å². The summed E-state index contributed by atoms with van der Waals surface area (Å²) in [6.07, 6.45) is 1.20. The van der Waals surface area contributed by atoms with E-state index in [9.17, 15) is 13.6 Å². The van der Waals surface area contributed by atoms with Crippen molar-refractivity contribution < 1.29 is 23.4 Å². The average Bonchev–Trinajstić information content (AvgIpc) is 2.40. The molecule has 1 aromatic heterocycles. The normalized spacial score (nSPS) is 10.5. The van der Waals surface area contributed by atoms with Crippen LogP contribution in [0, 0.1) is 6.92 Å². The first kappa shape index (κ1) is 14.6. The molecule has 0 aliphatic rings. The number of carboxylic acid groups (broad SMARTS) is 1. The number of nitrogens with zero attached hydrogens (tertiary/aromatic N) is 2. The standard InChI is InChI=1S/C13H11F2N3O3/c1-7-10(11(19)20)6-16-13(17-7)18-8-2-4-9(5-3-8)21-12(14)15/h2-6,12H,1H3,(H,19,20)(H,16,17,18). The second-order valence-electron chi connectivity index (χ2n) is 4.03. The van der Waals surface area contributed by atoms with Crippen LogP contribution in [0.3, 0.4) is 0 Å². The highest BCUT2D eigenvalue weighted by molar-refractivity contribution is 5.88. The molecule has 0 bridgehead atoms. The SMILES string of the molecule is Cc1nc(Nc2ccc(OC(F)F)cc2)ncc1C(=O)O. The molecule has 0 saturated carbocycles. The van der Waals surface area contributed by atoms with Crippen molar-refractivity contribution in [2.24, 2.45) is 0 Å². The Bertz CT molecular complexity index is 648. The predicted molar refractivity (Wildman–Crippen MR) is 70.1 cm³/mol. The molecule has 110 valence electrons. The van der Waals surface area contributed by atoms with Gasteiger partial charge in [-0.25, -0.2) is 14.8 Å². The van der Waals surface area contributed by atoms with Crippen LogP contribution in [-0.2, 0) is 0 Å². The maximum atomic E-state index is 12.0. The molecule has 1 heterocycles. The van der Waals surface area contributed by atoms with Crippen molar-refractivity contribution in [3.63, 3.8) is 0 Å². The highest BCUT2D eigenvalue weighted by Gasteiger charge is 2.10. The molecule has 2 rings (SSSR count). The fourth-order valence-electron chi connectivity index (χ4n) is 1.59. The number of carboxylic acids is 1. The Labute approximate surface area is 118 Å². The van der Waals surface area contributed by atoms with Gasteiger partial charge in [-0.05, 0) is 31.2 Å². The molecule has 0 fully saturated rings. The van der Waals surface area contributed by atoms with E-state index in [1.165, 1.54) is 30.5 Å². The Morgan fingerprint density at radius 2 is 2.00 bits per heavy atom. The molecule has 2 N–H and O–H groups in total. The van der Waals surface area contributed by atoms with Crippen LogP contribution in [0.1, 0.15) is 16.1 Å². The highest BCUT2D eigenvalue weighted by atomic mass is 19.3. The van der Waals surface area contributed by atoms with E-state index in [4.69, 9.17) is 5.11 Å². The largest absolute Gasteiger partial charge is 0.478 e. The van der Waals surface area contributed by atoms with E-state index >= 15 is 0 Å². The second kappa shape index (κ2) is 6.12. The molecule has 0 spiro atoms. The Balaban J connectivity index is 2.11. The number of hydrogen-bond acceptors (Lipinski definition) is 5. The van der Waals surface area contributed by atoms with Crippen LogP contribution in [-0.4, -0.2) is 27.7 Å². The molecule has 0 radical (unpaired) electrons. The maximum Gasteiger partial charge on any atom is 0.387 e. The summed E-state index contributed by atoms with van der Waals surface area (Å²) in [5.41, 5.74) is 0.887. The molecule has 0 aliphatic heterocycles. The molecule has 0 atom stereocenters. The number of aromatic carboxylic acids is 1. The van der Waals surface area contributed by atoms with Crippen molar-refractivity contribution in [1.82, 2.24) is 9.97 Å². The lowest BCUT2D eigenvalue weighted by atomic mass is 10.2. The molecule has 0 saturated heterocycles. The Kier molecular flexibility index (Phi) is 4.27. The Morgan fingerprint density at radius 1 is 1.33 bits per heavy atom. The fraction of sp³-hybridized carbons (Fsp3) is 0.154.